The zero-order valence-electron chi connectivity index (χ0n) is 8.76. The van der Waals surface area contributed by atoms with Gasteiger partial charge in [0.15, 0.2) is 0 Å². The molecule has 0 aliphatic carbocycles. The average Bonchev–Trinajstić information content (AvgIpc) is 2.82. The van der Waals surface area contributed by atoms with Gasteiger partial charge in [-0.25, -0.2) is 5.43 Å². The van der Waals surface area contributed by atoms with E-state index in [4.69, 9.17) is 4.42 Å². The summed E-state index contributed by atoms with van der Waals surface area (Å²) in [5, 5.41) is 3.83. The molecule has 5 heteroatoms. The molecule has 0 fully saturated rings. The molecule has 0 aliphatic heterocycles. The SMILES string of the molecule is O=C(NN=Cc1ccoc1)c1ccccc1Br. The number of nitrogens with one attached hydrogen (secondary N) is 1. The van der Waals surface area contributed by atoms with Gasteiger partial charge < -0.3 is 4.42 Å². The maximum absolute atomic E-state index is 11.7. The van der Waals surface area contributed by atoms with Gasteiger partial charge in [-0.1, -0.05) is 12.1 Å². The Hall–Kier alpha value is -1.88. The lowest BCUT2D eigenvalue weighted by Crippen LogP contribution is -2.17. The molecule has 1 aromatic carbocycles. The number of hydrazone groups is 1. The molecule has 1 aromatic heterocycles. The Kier molecular flexibility index (Phi) is 3.72. The molecule has 0 saturated carbocycles. The molecular formula is C12H9BrN2O2. The minimum absolute atomic E-state index is 0.266. The molecule has 2 aromatic rings. The van der Waals surface area contributed by atoms with E-state index in [9.17, 15) is 4.79 Å². The van der Waals surface area contributed by atoms with Crippen LogP contribution in [0.1, 0.15) is 15.9 Å². The molecule has 2 rings (SSSR count). The van der Waals surface area contributed by atoms with Gasteiger partial charge in [-0.2, -0.15) is 5.10 Å². The minimum Gasteiger partial charge on any atom is -0.472 e. The number of furan rings is 1. The molecule has 0 spiro atoms. The van der Waals surface area contributed by atoms with Crippen LogP contribution in [0.3, 0.4) is 0 Å². The Bertz CT molecular complexity index is 535. The smallest absolute Gasteiger partial charge is 0.272 e. The van der Waals surface area contributed by atoms with Crippen molar-refractivity contribution in [1.82, 2.24) is 5.43 Å². The van der Waals surface area contributed by atoms with Crippen molar-refractivity contribution in [2.24, 2.45) is 5.10 Å². The predicted octanol–water partition coefficient (Wildman–Crippen LogP) is 2.81. The van der Waals surface area contributed by atoms with Gasteiger partial charge in [0.25, 0.3) is 5.91 Å². The zero-order valence-corrected chi connectivity index (χ0v) is 10.3. The van der Waals surface area contributed by atoms with Crippen LogP contribution in [-0.4, -0.2) is 12.1 Å². The number of benzene rings is 1. The highest BCUT2D eigenvalue weighted by molar-refractivity contribution is 9.10. The van der Waals surface area contributed by atoms with Crippen LogP contribution in [0.5, 0.6) is 0 Å². The molecule has 0 radical (unpaired) electrons. The second-order valence-electron chi connectivity index (χ2n) is 3.24. The van der Waals surface area contributed by atoms with Gasteiger partial charge in [0.05, 0.1) is 24.3 Å². The quantitative estimate of drug-likeness (QED) is 0.699. The molecule has 0 saturated heterocycles. The highest BCUT2D eigenvalue weighted by Gasteiger charge is 2.07. The van der Waals surface area contributed by atoms with Crippen LogP contribution in [0, 0.1) is 0 Å². The standard InChI is InChI=1S/C12H9BrN2O2/c13-11-4-2-1-3-10(11)12(16)15-14-7-9-5-6-17-8-9/h1-8H,(H,15,16). The van der Waals surface area contributed by atoms with Crippen molar-refractivity contribution in [3.05, 3.63) is 58.5 Å². The van der Waals surface area contributed by atoms with Crippen molar-refractivity contribution in [3.63, 3.8) is 0 Å². The van der Waals surface area contributed by atoms with Crippen LogP contribution in [-0.2, 0) is 0 Å². The monoisotopic (exact) mass is 292 g/mol. The maximum atomic E-state index is 11.7. The fraction of sp³-hybridized carbons (Fsp3) is 0. The van der Waals surface area contributed by atoms with Crippen LogP contribution in [0.15, 0.2) is 56.8 Å². The topological polar surface area (TPSA) is 54.6 Å². The summed E-state index contributed by atoms with van der Waals surface area (Å²) in [5.41, 5.74) is 3.76. The minimum atomic E-state index is -0.266. The fourth-order valence-corrected chi connectivity index (χ4v) is 1.68. The van der Waals surface area contributed by atoms with E-state index in [1.54, 1.807) is 24.3 Å². The van der Waals surface area contributed by atoms with E-state index < -0.39 is 0 Å². The molecule has 86 valence electrons. The number of carbonyl (C=O) groups excluding carboxylic acids is 1. The van der Waals surface area contributed by atoms with E-state index in [0.717, 1.165) is 10.0 Å². The highest BCUT2D eigenvalue weighted by atomic mass is 79.9. The van der Waals surface area contributed by atoms with Crippen LogP contribution < -0.4 is 5.43 Å². The van der Waals surface area contributed by atoms with Crippen molar-refractivity contribution in [1.29, 1.82) is 0 Å². The first-order valence-electron chi connectivity index (χ1n) is 4.87. The molecule has 4 nitrogen and oxygen atoms in total. The number of nitrogens with zero attached hydrogens (tertiary/aromatic N) is 1. The van der Waals surface area contributed by atoms with Gasteiger partial charge in [0.2, 0.25) is 0 Å². The summed E-state index contributed by atoms with van der Waals surface area (Å²) in [6.07, 6.45) is 4.59. The van der Waals surface area contributed by atoms with Crippen molar-refractivity contribution < 1.29 is 9.21 Å². The highest BCUT2D eigenvalue weighted by Crippen LogP contribution is 2.15. The van der Waals surface area contributed by atoms with E-state index in [2.05, 4.69) is 26.5 Å². The van der Waals surface area contributed by atoms with E-state index in [-0.39, 0.29) is 5.91 Å². The number of amides is 1. The Balaban J connectivity index is 2.01. The van der Waals surface area contributed by atoms with Gasteiger partial charge in [0, 0.05) is 10.0 Å². The predicted molar refractivity (Wildman–Crippen MR) is 67.9 cm³/mol. The summed E-state index contributed by atoms with van der Waals surface area (Å²) in [7, 11) is 0. The third kappa shape index (κ3) is 3.04. The molecule has 0 aliphatic rings. The Morgan fingerprint density at radius 3 is 2.88 bits per heavy atom. The summed E-state index contributed by atoms with van der Waals surface area (Å²) in [5.74, 6) is -0.266. The molecule has 0 atom stereocenters. The van der Waals surface area contributed by atoms with Crippen LogP contribution in [0.4, 0.5) is 0 Å². The van der Waals surface area contributed by atoms with Gasteiger partial charge >= 0.3 is 0 Å². The van der Waals surface area contributed by atoms with E-state index in [1.165, 1.54) is 18.7 Å². The molecule has 0 unspecified atom stereocenters. The Morgan fingerprint density at radius 1 is 1.35 bits per heavy atom. The lowest BCUT2D eigenvalue weighted by atomic mass is 10.2. The van der Waals surface area contributed by atoms with Gasteiger partial charge in [0.1, 0.15) is 0 Å². The third-order valence-corrected chi connectivity index (χ3v) is 2.73. The number of rotatable bonds is 3. The normalized spacial score (nSPS) is 10.6. The van der Waals surface area contributed by atoms with Gasteiger partial charge in [-0.3, -0.25) is 4.79 Å². The van der Waals surface area contributed by atoms with Gasteiger partial charge in [-0.05, 0) is 34.1 Å². The van der Waals surface area contributed by atoms with E-state index in [1.807, 2.05) is 6.07 Å². The van der Waals surface area contributed by atoms with Crippen molar-refractivity contribution >= 4 is 28.1 Å². The van der Waals surface area contributed by atoms with E-state index in [0.29, 0.717) is 5.56 Å². The number of carbonyl (C=O) groups is 1. The summed E-state index contributed by atoms with van der Waals surface area (Å²) in [6, 6.07) is 8.89. The first-order valence-corrected chi connectivity index (χ1v) is 5.67. The molecule has 17 heavy (non-hydrogen) atoms. The van der Waals surface area contributed by atoms with Gasteiger partial charge in [-0.15, -0.1) is 0 Å². The summed E-state index contributed by atoms with van der Waals surface area (Å²) < 4.78 is 5.60. The van der Waals surface area contributed by atoms with Crippen molar-refractivity contribution in [2.45, 2.75) is 0 Å². The third-order valence-electron chi connectivity index (χ3n) is 2.04. The number of hydrogen-bond acceptors (Lipinski definition) is 3. The van der Waals surface area contributed by atoms with Crippen LogP contribution in [0.2, 0.25) is 0 Å². The van der Waals surface area contributed by atoms with Crippen LogP contribution >= 0.6 is 15.9 Å². The summed E-state index contributed by atoms with van der Waals surface area (Å²) in [6.45, 7) is 0. The first-order chi connectivity index (χ1) is 8.27. The molecule has 1 N–H and O–H groups in total. The Morgan fingerprint density at radius 2 is 2.18 bits per heavy atom. The Labute approximate surface area is 106 Å². The average molecular weight is 293 g/mol. The largest absolute Gasteiger partial charge is 0.472 e. The molecule has 1 amide bonds. The van der Waals surface area contributed by atoms with E-state index >= 15 is 0 Å². The lowest BCUT2D eigenvalue weighted by Gasteiger charge is -2.01. The zero-order chi connectivity index (χ0) is 12.1. The second kappa shape index (κ2) is 5.45. The van der Waals surface area contributed by atoms with Crippen molar-refractivity contribution in [3.8, 4) is 0 Å². The summed E-state index contributed by atoms with van der Waals surface area (Å²) in [4.78, 5) is 11.7. The second-order valence-corrected chi connectivity index (χ2v) is 4.09. The number of halogens is 1. The van der Waals surface area contributed by atoms with Crippen LogP contribution in [0.25, 0.3) is 0 Å². The molecule has 0 bridgehead atoms. The van der Waals surface area contributed by atoms with Crippen molar-refractivity contribution in [2.75, 3.05) is 0 Å². The molecular weight excluding hydrogens is 284 g/mol. The first kappa shape index (κ1) is 11.6. The maximum Gasteiger partial charge on any atom is 0.272 e. The lowest BCUT2D eigenvalue weighted by molar-refractivity contribution is 0.0954. The molecule has 1 heterocycles. The fourth-order valence-electron chi connectivity index (χ4n) is 1.22. The summed E-state index contributed by atoms with van der Waals surface area (Å²) >= 11 is 3.30. The number of hydrogen-bond donors (Lipinski definition) is 1.